The minimum Gasteiger partial charge on any atom is -0.376 e. The van der Waals surface area contributed by atoms with Gasteiger partial charge in [0, 0.05) is 13.2 Å². The van der Waals surface area contributed by atoms with Crippen LogP contribution in [0, 0.1) is 0 Å². The number of ether oxygens (including phenoxy) is 1. The molecule has 0 spiro atoms. The summed E-state index contributed by atoms with van der Waals surface area (Å²) in [6.07, 6.45) is 7.03. The van der Waals surface area contributed by atoms with Gasteiger partial charge in [0.25, 0.3) is 5.56 Å². The topological polar surface area (TPSA) is 74.8 Å². The summed E-state index contributed by atoms with van der Waals surface area (Å²) in [5.41, 5.74) is 3.64. The fraction of sp³-hybridized carbons (Fsp3) is 0.455. The van der Waals surface area contributed by atoms with Crippen molar-refractivity contribution in [1.82, 2.24) is 24.1 Å². The maximum atomic E-state index is 13.4. The third-order valence-corrected chi connectivity index (χ3v) is 5.73. The quantitative estimate of drug-likeness (QED) is 0.469. The van der Waals surface area contributed by atoms with Crippen molar-refractivity contribution in [3.05, 3.63) is 40.9 Å². The van der Waals surface area contributed by atoms with Crippen molar-refractivity contribution in [3.63, 3.8) is 0 Å². The van der Waals surface area contributed by atoms with Crippen LogP contribution >= 0.6 is 0 Å². The van der Waals surface area contributed by atoms with Gasteiger partial charge >= 0.3 is 0 Å². The zero-order valence-corrected chi connectivity index (χ0v) is 16.7. The second-order valence-corrected chi connectivity index (χ2v) is 7.78. The molecule has 7 heteroatoms. The van der Waals surface area contributed by atoms with Gasteiger partial charge in [0.1, 0.15) is 10.9 Å². The molecule has 0 radical (unpaired) electrons. The molecule has 3 aromatic heterocycles. The van der Waals surface area contributed by atoms with E-state index in [9.17, 15) is 4.79 Å². The number of fused-ring (bicyclic) bond motifs is 4. The first-order chi connectivity index (χ1) is 14.3. The van der Waals surface area contributed by atoms with Crippen LogP contribution in [0.25, 0.3) is 33.2 Å². The molecule has 0 saturated carbocycles. The van der Waals surface area contributed by atoms with Gasteiger partial charge in [-0.15, -0.1) is 0 Å². The number of hydrogen-bond acceptors (Lipinski definition) is 5. The SMILES string of the molecule is CCCCCn1c2nc3ccccc3nc2c2c(=O)n(C[C@H]3CCCO3)cnc21. The van der Waals surface area contributed by atoms with Crippen molar-refractivity contribution < 1.29 is 4.74 Å². The van der Waals surface area contributed by atoms with Crippen LogP contribution in [0.2, 0.25) is 0 Å². The molecule has 29 heavy (non-hydrogen) atoms. The van der Waals surface area contributed by atoms with Crippen LogP contribution in [0.4, 0.5) is 0 Å². The Hall–Kier alpha value is -2.80. The Bertz CT molecular complexity index is 1240. The van der Waals surface area contributed by atoms with Gasteiger partial charge in [0.15, 0.2) is 11.3 Å². The zero-order chi connectivity index (χ0) is 19.8. The van der Waals surface area contributed by atoms with Crippen molar-refractivity contribution >= 4 is 33.2 Å². The Morgan fingerprint density at radius 2 is 1.97 bits per heavy atom. The van der Waals surface area contributed by atoms with Crippen LogP contribution in [0.5, 0.6) is 0 Å². The summed E-state index contributed by atoms with van der Waals surface area (Å²) < 4.78 is 9.46. The normalized spacial score (nSPS) is 17.1. The Morgan fingerprint density at radius 3 is 2.72 bits per heavy atom. The van der Waals surface area contributed by atoms with Gasteiger partial charge in [0.2, 0.25) is 0 Å². The van der Waals surface area contributed by atoms with Crippen LogP contribution in [0.15, 0.2) is 35.4 Å². The second-order valence-electron chi connectivity index (χ2n) is 7.78. The number of unbranched alkanes of at least 4 members (excludes halogenated alkanes) is 2. The van der Waals surface area contributed by atoms with Crippen molar-refractivity contribution in [3.8, 4) is 0 Å². The molecule has 0 N–H and O–H groups in total. The molecule has 7 nitrogen and oxygen atoms in total. The maximum Gasteiger partial charge on any atom is 0.265 e. The molecular formula is C22H25N5O2. The number of hydrogen-bond donors (Lipinski definition) is 0. The average Bonchev–Trinajstić information content (AvgIpc) is 3.35. The average molecular weight is 391 g/mol. The number of aryl methyl sites for hydroxylation is 1. The number of para-hydroxylation sites is 2. The smallest absolute Gasteiger partial charge is 0.265 e. The van der Waals surface area contributed by atoms with Gasteiger partial charge in [-0.3, -0.25) is 9.36 Å². The van der Waals surface area contributed by atoms with E-state index >= 15 is 0 Å². The molecule has 0 amide bonds. The van der Waals surface area contributed by atoms with E-state index in [4.69, 9.17) is 14.7 Å². The van der Waals surface area contributed by atoms with E-state index in [1.165, 1.54) is 0 Å². The monoisotopic (exact) mass is 391 g/mol. The molecule has 1 aliphatic rings. The number of nitrogens with zero attached hydrogens (tertiary/aromatic N) is 5. The molecule has 1 aliphatic heterocycles. The molecule has 1 fully saturated rings. The van der Waals surface area contributed by atoms with Crippen LogP contribution < -0.4 is 5.56 Å². The predicted molar refractivity (Wildman–Crippen MR) is 113 cm³/mol. The molecule has 4 aromatic rings. The third-order valence-electron chi connectivity index (χ3n) is 5.73. The molecule has 5 rings (SSSR count). The fourth-order valence-corrected chi connectivity index (χ4v) is 4.21. The Labute approximate surface area is 168 Å². The van der Waals surface area contributed by atoms with Gasteiger partial charge in [-0.2, -0.15) is 0 Å². The minimum atomic E-state index is -0.0608. The summed E-state index contributed by atoms with van der Waals surface area (Å²) in [6, 6.07) is 7.79. The lowest BCUT2D eigenvalue weighted by atomic mass is 10.2. The van der Waals surface area contributed by atoms with Gasteiger partial charge in [0.05, 0.1) is 30.0 Å². The number of aromatic nitrogens is 5. The lowest BCUT2D eigenvalue weighted by Gasteiger charge is -2.11. The minimum absolute atomic E-state index is 0.0608. The van der Waals surface area contributed by atoms with E-state index in [2.05, 4.69) is 16.5 Å². The molecule has 0 unspecified atom stereocenters. The zero-order valence-electron chi connectivity index (χ0n) is 16.7. The molecule has 150 valence electrons. The van der Waals surface area contributed by atoms with E-state index in [-0.39, 0.29) is 11.7 Å². The highest BCUT2D eigenvalue weighted by atomic mass is 16.5. The highest BCUT2D eigenvalue weighted by Gasteiger charge is 2.22. The highest BCUT2D eigenvalue weighted by molar-refractivity contribution is 6.04. The molecule has 4 heterocycles. The first-order valence-corrected chi connectivity index (χ1v) is 10.5. The van der Waals surface area contributed by atoms with Gasteiger partial charge in [-0.25, -0.2) is 15.0 Å². The fourth-order valence-electron chi connectivity index (χ4n) is 4.21. The van der Waals surface area contributed by atoms with Crippen molar-refractivity contribution in [2.45, 2.75) is 58.2 Å². The molecule has 0 aliphatic carbocycles. The van der Waals surface area contributed by atoms with Crippen molar-refractivity contribution in [2.24, 2.45) is 0 Å². The van der Waals surface area contributed by atoms with Crippen molar-refractivity contribution in [2.75, 3.05) is 6.61 Å². The highest BCUT2D eigenvalue weighted by Crippen LogP contribution is 2.25. The van der Waals surface area contributed by atoms with E-state index in [1.54, 1.807) is 10.9 Å². The number of rotatable bonds is 6. The largest absolute Gasteiger partial charge is 0.376 e. The summed E-state index contributed by atoms with van der Waals surface area (Å²) in [6.45, 7) is 4.26. The Kier molecular flexibility index (Phi) is 4.75. The first-order valence-electron chi connectivity index (χ1n) is 10.5. The molecule has 1 atom stereocenters. The predicted octanol–water partition coefficient (Wildman–Crippen LogP) is 3.66. The Balaban J connectivity index is 1.73. The van der Waals surface area contributed by atoms with Gasteiger partial charge in [-0.1, -0.05) is 31.9 Å². The molecular weight excluding hydrogens is 366 g/mol. The van der Waals surface area contributed by atoms with Crippen molar-refractivity contribution in [1.29, 1.82) is 0 Å². The molecule has 1 saturated heterocycles. The Morgan fingerprint density at radius 1 is 1.14 bits per heavy atom. The van der Waals surface area contributed by atoms with Crippen LogP contribution in [-0.2, 0) is 17.8 Å². The second kappa shape index (κ2) is 7.55. The standard InChI is InChI=1S/C22H25N5O2/c1-2-3-6-11-27-20-18(19-21(27)25-17-10-5-4-9-16(17)24-19)22(28)26(14-23-20)13-15-8-7-12-29-15/h4-5,9-10,14-15H,2-3,6-8,11-13H2,1H3/t15-/m1/s1. The maximum absolute atomic E-state index is 13.4. The van der Waals surface area contributed by atoms with Gasteiger partial charge < -0.3 is 9.30 Å². The van der Waals surface area contributed by atoms with Gasteiger partial charge in [-0.05, 0) is 31.4 Å². The first kappa shape index (κ1) is 18.2. The summed E-state index contributed by atoms with van der Waals surface area (Å²) in [4.78, 5) is 27.8. The van der Waals surface area contributed by atoms with E-state index in [0.717, 1.165) is 61.9 Å². The third kappa shape index (κ3) is 3.19. The molecule has 0 bridgehead atoms. The molecule has 1 aromatic carbocycles. The van der Waals surface area contributed by atoms with Crippen LogP contribution in [0.3, 0.4) is 0 Å². The number of benzene rings is 1. The van der Waals surface area contributed by atoms with E-state index < -0.39 is 0 Å². The summed E-state index contributed by atoms with van der Waals surface area (Å²) >= 11 is 0. The van der Waals surface area contributed by atoms with Crippen LogP contribution in [0.1, 0.15) is 39.0 Å². The summed E-state index contributed by atoms with van der Waals surface area (Å²) in [5, 5.41) is 0.565. The van der Waals surface area contributed by atoms with E-state index in [1.807, 2.05) is 24.3 Å². The summed E-state index contributed by atoms with van der Waals surface area (Å²) in [7, 11) is 0. The van der Waals surface area contributed by atoms with E-state index in [0.29, 0.717) is 23.1 Å². The lowest BCUT2D eigenvalue weighted by molar-refractivity contribution is 0.0960. The summed E-state index contributed by atoms with van der Waals surface area (Å²) in [5.74, 6) is 0. The lowest BCUT2D eigenvalue weighted by Crippen LogP contribution is -2.26. The van der Waals surface area contributed by atoms with Crippen LogP contribution in [-0.4, -0.2) is 36.8 Å².